The van der Waals surface area contributed by atoms with Crippen LogP contribution in [0.25, 0.3) is 11.6 Å². The van der Waals surface area contributed by atoms with Gasteiger partial charge in [-0.2, -0.15) is 13.2 Å². The van der Waals surface area contributed by atoms with Crippen LogP contribution in [0.3, 0.4) is 0 Å². The van der Waals surface area contributed by atoms with Gasteiger partial charge in [-0.25, -0.2) is 24.3 Å². The zero-order valence-electron chi connectivity index (χ0n) is 14.5. The van der Waals surface area contributed by atoms with Crippen LogP contribution in [-0.4, -0.2) is 32.7 Å². The van der Waals surface area contributed by atoms with Gasteiger partial charge < -0.3 is 16.4 Å². The molecule has 0 aliphatic heterocycles. The number of aromatic nitrogens is 4. The number of halogens is 4. The summed E-state index contributed by atoms with van der Waals surface area (Å²) in [5, 5.41) is 5.03. The number of alkyl halides is 3. The summed E-state index contributed by atoms with van der Waals surface area (Å²) in [5.74, 6) is -0.303. The van der Waals surface area contributed by atoms with E-state index < -0.39 is 18.5 Å². The smallest absolute Gasteiger partial charge is 0.384 e. The highest BCUT2D eigenvalue weighted by atomic mass is 19.4. The first-order chi connectivity index (χ1) is 13.2. The van der Waals surface area contributed by atoms with E-state index in [4.69, 9.17) is 5.73 Å². The second kappa shape index (κ2) is 7.62. The third-order valence-electron chi connectivity index (χ3n) is 3.39. The van der Waals surface area contributed by atoms with Crippen LogP contribution in [0.4, 0.5) is 40.7 Å². The highest BCUT2D eigenvalue weighted by Gasteiger charge is 2.27. The minimum atomic E-state index is -4.44. The molecule has 0 unspecified atom stereocenters. The van der Waals surface area contributed by atoms with E-state index in [0.717, 1.165) is 0 Å². The van der Waals surface area contributed by atoms with Crippen molar-refractivity contribution in [2.45, 2.75) is 13.1 Å². The van der Waals surface area contributed by atoms with Crippen molar-refractivity contribution in [2.75, 3.05) is 22.9 Å². The molecule has 0 radical (unpaired) electrons. The van der Waals surface area contributed by atoms with Crippen molar-refractivity contribution in [3.05, 3.63) is 47.9 Å². The van der Waals surface area contributed by atoms with E-state index in [1.807, 2.05) is 0 Å². The molecule has 2 aromatic heterocycles. The summed E-state index contributed by atoms with van der Waals surface area (Å²) in [6.07, 6.45) is -3.06. The van der Waals surface area contributed by atoms with Gasteiger partial charge in [0.1, 0.15) is 29.8 Å². The van der Waals surface area contributed by atoms with Crippen molar-refractivity contribution >= 4 is 23.1 Å². The number of nitrogens with zero attached hydrogens (tertiary/aromatic N) is 4. The van der Waals surface area contributed by atoms with E-state index in [1.54, 1.807) is 13.0 Å². The van der Waals surface area contributed by atoms with Crippen LogP contribution in [0.2, 0.25) is 0 Å². The Balaban J connectivity index is 1.98. The van der Waals surface area contributed by atoms with Gasteiger partial charge in [0.2, 0.25) is 5.82 Å². The summed E-state index contributed by atoms with van der Waals surface area (Å²) in [4.78, 5) is 16.2. The van der Waals surface area contributed by atoms with Crippen LogP contribution in [0.5, 0.6) is 0 Å². The topological polar surface area (TPSA) is 102 Å². The molecule has 146 valence electrons. The Kier molecular flexibility index (Phi) is 5.25. The fourth-order valence-corrected chi connectivity index (χ4v) is 2.33. The highest BCUT2D eigenvalue weighted by molar-refractivity contribution is 5.63. The first kappa shape index (κ1) is 19.3. The number of nitrogens with two attached hydrogens (primary N) is 1. The van der Waals surface area contributed by atoms with Gasteiger partial charge in [-0.15, -0.1) is 0 Å². The van der Waals surface area contributed by atoms with Gasteiger partial charge in [-0.3, -0.25) is 0 Å². The Morgan fingerprint density at radius 2 is 1.75 bits per heavy atom. The average molecular weight is 393 g/mol. The summed E-state index contributed by atoms with van der Waals surface area (Å²) in [7, 11) is 0. The lowest BCUT2D eigenvalue weighted by molar-refractivity contribution is -0.115. The number of nitrogen functional groups attached to an aromatic ring is 1. The average Bonchev–Trinajstić information content (AvgIpc) is 2.58. The number of hydrogen-bond acceptors (Lipinski definition) is 7. The minimum absolute atomic E-state index is 0.0362. The molecule has 0 saturated carbocycles. The molecule has 0 saturated heterocycles. The van der Waals surface area contributed by atoms with Gasteiger partial charge in [0.25, 0.3) is 0 Å². The molecule has 7 nitrogen and oxygen atoms in total. The van der Waals surface area contributed by atoms with Crippen molar-refractivity contribution in [1.29, 1.82) is 0 Å². The standard InChI is InChI=1S/C17H15F4N7/c1-9-4-10(18)6-11(5-9)25-14-7-13(24-8-17(19,20)21)27-16(28-14)15-23-3-2-12(22)26-15/h2-7H,8H2,1H3,(H2,22,23,26)(H2,24,25,27,28). The predicted octanol–water partition coefficient (Wildman–Crippen LogP) is 3.68. The Bertz CT molecular complexity index is 971. The Morgan fingerprint density at radius 1 is 1.00 bits per heavy atom. The van der Waals surface area contributed by atoms with Crippen LogP contribution in [0.15, 0.2) is 36.5 Å². The van der Waals surface area contributed by atoms with Crippen LogP contribution < -0.4 is 16.4 Å². The molecular formula is C17H15F4N7. The molecule has 0 amide bonds. The summed E-state index contributed by atoms with van der Waals surface area (Å²) < 4.78 is 51.3. The molecule has 1 aromatic carbocycles. The van der Waals surface area contributed by atoms with Crippen molar-refractivity contribution in [3.63, 3.8) is 0 Å². The van der Waals surface area contributed by atoms with Gasteiger partial charge in [0.15, 0.2) is 5.82 Å². The van der Waals surface area contributed by atoms with E-state index in [2.05, 4.69) is 30.6 Å². The lowest BCUT2D eigenvalue weighted by atomic mass is 10.2. The summed E-state index contributed by atoms with van der Waals surface area (Å²) in [6.45, 7) is 0.413. The molecule has 0 spiro atoms. The molecule has 4 N–H and O–H groups in total. The zero-order valence-corrected chi connectivity index (χ0v) is 14.5. The lowest BCUT2D eigenvalue weighted by Crippen LogP contribution is -2.22. The van der Waals surface area contributed by atoms with E-state index in [-0.39, 0.29) is 29.1 Å². The Hall–Kier alpha value is -3.50. The lowest BCUT2D eigenvalue weighted by Gasteiger charge is -2.13. The third kappa shape index (κ3) is 5.25. The molecule has 3 rings (SSSR count). The maximum atomic E-state index is 13.6. The fourth-order valence-electron chi connectivity index (χ4n) is 2.33. The number of aryl methyl sites for hydroxylation is 1. The van der Waals surface area contributed by atoms with E-state index in [0.29, 0.717) is 11.3 Å². The van der Waals surface area contributed by atoms with Crippen LogP contribution in [0, 0.1) is 12.7 Å². The Labute approximate surface area is 157 Å². The van der Waals surface area contributed by atoms with E-state index in [9.17, 15) is 17.6 Å². The molecule has 0 aliphatic rings. The SMILES string of the molecule is Cc1cc(F)cc(Nc2cc(NCC(F)(F)F)nc(-c3nccc(N)n3)n2)c1. The second-order valence-electron chi connectivity index (χ2n) is 5.88. The molecule has 0 bridgehead atoms. The van der Waals surface area contributed by atoms with E-state index in [1.165, 1.54) is 30.5 Å². The molecule has 11 heteroatoms. The summed E-state index contributed by atoms with van der Waals surface area (Å²) in [6, 6.07) is 6.94. The number of benzene rings is 1. The summed E-state index contributed by atoms with van der Waals surface area (Å²) in [5.41, 5.74) is 6.65. The monoisotopic (exact) mass is 393 g/mol. The molecular weight excluding hydrogens is 378 g/mol. The maximum Gasteiger partial charge on any atom is 0.405 e. The third-order valence-corrected chi connectivity index (χ3v) is 3.39. The highest BCUT2D eigenvalue weighted by Crippen LogP contribution is 2.24. The van der Waals surface area contributed by atoms with Gasteiger partial charge in [-0.05, 0) is 36.8 Å². The van der Waals surface area contributed by atoms with Gasteiger partial charge in [-0.1, -0.05) is 0 Å². The second-order valence-corrected chi connectivity index (χ2v) is 5.88. The van der Waals surface area contributed by atoms with Crippen molar-refractivity contribution < 1.29 is 17.6 Å². The van der Waals surface area contributed by atoms with Crippen molar-refractivity contribution in [1.82, 2.24) is 19.9 Å². The van der Waals surface area contributed by atoms with Crippen LogP contribution >= 0.6 is 0 Å². The molecule has 28 heavy (non-hydrogen) atoms. The van der Waals surface area contributed by atoms with Crippen molar-refractivity contribution in [2.24, 2.45) is 0 Å². The quantitative estimate of drug-likeness (QED) is 0.569. The fraction of sp³-hybridized carbons (Fsp3) is 0.176. The number of hydrogen-bond donors (Lipinski definition) is 3. The minimum Gasteiger partial charge on any atom is -0.384 e. The molecule has 0 fully saturated rings. The molecule has 3 aromatic rings. The summed E-state index contributed by atoms with van der Waals surface area (Å²) >= 11 is 0. The van der Waals surface area contributed by atoms with Gasteiger partial charge in [0, 0.05) is 18.0 Å². The first-order valence-electron chi connectivity index (χ1n) is 8.01. The molecule has 0 aliphatic carbocycles. The van der Waals surface area contributed by atoms with E-state index >= 15 is 0 Å². The van der Waals surface area contributed by atoms with Crippen LogP contribution in [-0.2, 0) is 0 Å². The first-order valence-corrected chi connectivity index (χ1v) is 8.01. The Morgan fingerprint density at radius 3 is 2.43 bits per heavy atom. The maximum absolute atomic E-state index is 13.6. The molecule has 2 heterocycles. The van der Waals surface area contributed by atoms with Gasteiger partial charge >= 0.3 is 6.18 Å². The zero-order chi connectivity index (χ0) is 20.3. The van der Waals surface area contributed by atoms with Crippen molar-refractivity contribution in [3.8, 4) is 11.6 Å². The normalized spacial score (nSPS) is 11.3. The predicted molar refractivity (Wildman–Crippen MR) is 96.4 cm³/mol. The van der Waals surface area contributed by atoms with Crippen LogP contribution in [0.1, 0.15) is 5.56 Å². The largest absolute Gasteiger partial charge is 0.405 e. The molecule has 0 atom stereocenters. The number of rotatable bonds is 5. The number of anilines is 4. The van der Waals surface area contributed by atoms with Gasteiger partial charge in [0.05, 0.1) is 0 Å². The number of nitrogens with one attached hydrogen (secondary N) is 2.